The minimum absolute atomic E-state index is 0.0705. The molecule has 1 atom stereocenters. The van der Waals surface area contributed by atoms with Crippen LogP contribution in [0.25, 0.3) is 0 Å². The van der Waals surface area contributed by atoms with E-state index >= 15 is 0 Å². The molecule has 0 saturated carbocycles. The second kappa shape index (κ2) is 7.88. The van der Waals surface area contributed by atoms with Crippen LogP contribution in [0.15, 0.2) is 58.5 Å². The summed E-state index contributed by atoms with van der Waals surface area (Å²) in [7, 11) is -3.97. The quantitative estimate of drug-likeness (QED) is 0.695. The number of rotatable bonds is 4. The summed E-state index contributed by atoms with van der Waals surface area (Å²) < 4.78 is 52.5. The van der Waals surface area contributed by atoms with Crippen LogP contribution in [-0.4, -0.2) is 68.0 Å². The standard InChI is InChI=1S/C22H21FN2O6S/c23-18-8-17(9-19-21(18)31-7-6-30-19)32(28,29)25-12-15-10-24(11-16(15)13-25)22(27)20(26)14-4-2-1-3-5-14/h1-5,8-9,20,26H,6-7,10-13H2/t20-/m0/s1. The fraction of sp³-hybridized carbons (Fsp3) is 0.318. The van der Waals surface area contributed by atoms with Crippen LogP contribution in [0, 0.1) is 5.82 Å². The Bertz CT molecular complexity index is 1200. The highest BCUT2D eigenvalue weighted by atomic mass is 32.2. The molecular weight excluding hydrogens is 439 g/mol. The molecule has 10 heteroatoms. The first-order valence-corrected chi connectivity index (χ1v) is 11.6. The second-order valence-corrected chi connectivity index (χ2v) is 9.85. The summed E-state index contributed by atoms with van der Waals surface area (Å²) in [5, 5.41) is 10.4. The number of aliphatic hydroxyl groups excluding tert-OH is 1. The number of fused-ring (bicyclic) bond motifs is 1. The Hall–Kier alpha value is -2.95. The molecule has 8 nitrogen and oxygen atoms in total. The smallest absolute Gasteiger partial charge is 0.256 e. The zero-order valence-electron chi connectivity index (χ0n) is 17.0. The lowest BCUT2D eigenvalue weighted by atomic mass is 10.1. The molecule has 1 N–H and O–H groups in total. The van der Waals surface area contributed by atoms with Gasteiger partial charge in [0.25, 0.3) is 5.91 Å². The molecule has 0 aromatic heterocycles. The topological polar surface area (TPSA) is 96.4 Å². The van der Waals surface area contributed by atoms with Crippen molar-refractivity contribution in [1.29, 1.82) is 0 Å². The summed E-state index contributed by atoms with van der Waals surface area (Å²) in [6.07, 6.45) is -1.27. The van der Waals surface area contributed by atoms with Crippen LogP contribution >= 0.6 is 0 Å². The Morgan fingerprint density at radius 2 is 1.66 bits per heavy atom. The van der Waals surface area contributed by atoms with Gasteiger partial charge in [0.05, 0.1) is 4.90 Å². The van der Waals surface area contributed by atoms with Gasteiger partial charge in [0.15, 0.2) is 23.4 Å². The van der Waals surface area contributed by atoms with Gasteiger partial charge in [0.2, 0.25) is 10.0 Å². The summed E-state index contributed by atoms with van der Waals surface area (Å²) in [5.41, 5.74) is 2.15. The summed E-state index contributed by atoms with van der Waals surface area (Å²) in [6, 6.07) is 10.9. The van der Waals surface area contributed by atoms with Crippen molar-refractivity contribution in [3.63, 3.8) is 0 Å². The molecule has 0 unspecified atom stereocenters. The first kappa shape index (κ1) is 20.9. The second-order valence-electron chi connectivity index (χ2n) is 7.92. The number of halogens is 1. The van der Waals surface area contributed by atoms with Gasteiger partial charge in [-0.2, -0.15) is 4.31 Å². The average molecular weight is 460 g/mol. The number of sulfonamides is 1. The van der Waals surface area contributed by atoms with Gasteiger partial charge in [-0.1, -0.05) is 30.3 Å². The monoisotopic (exact) mass is 460 g/mol. The maximum Gasteiger partial charge on any atom is 0.256 e. The van der Waals surface area contributed by atoms with Gasteiger partial charge in [-0.3, -0.25) is 4.79 Å². The number of ether oxygens (including phenoxy) is 2. The van der Waals surface area contributed by atoms with Gasteiger partial charge in [0, 0.05) is 32.2 Å². The third kappa shape index (κ3) is 3.54. The summed E-state index contributed by atoms with van der Waals surface area (Å²) in [4.78, 5) is 14.0. The molecule has 0 spiro atoms. The number of amides is 1. The molecule has 3 heterocycles. The van der Waals surface area contributed by atoms with Crippen molar-refractivity contribution in [3.8, 4) is 11.5 Å². The largest absolute Gasteiger partial charge is 0.486 e. The zero-order chi connectivity index (χ0) is 22.5. The van der Waals surface area contributed by atoms with Crippen molar-refractivity contribution < 1.29 is 32.2 Å². The van der Waals surface area contributed by atoms with Crippen LogP contribution in [0.4, 0.5) is 4.39 Å². The molecule has 3 aliphatic rings. The molecule has 5 rings (SSSR count). The van der Waals surface area contributed by atoms with E-state index in [9.17, 15) is 22.7 Å². The Morgan fingerprint density at radius 1 is 1.00 bits per heavy atom. The Kier molecular flexibility index (Phi) is 5.15. The lowest BCUT2D eigenvalue weighted by molar-refractivity contribution is -0.139. The van der Waals surface area contributed by atoms with Crippen LogP contribution in [0.1, 0.15) is 11.7 Å². The van der Waals surface area contributed by atoms with Gasteiger partial charge in [-0.15, -0.1) is 0 Å². The Labute approximate surface area is 184 Å². The first-order valence-electron chi connectivity index (χ1n) is 10.2. The van der Waals surface area contributed by atoms with E-state index in [1.807, 2.05) is 0 Å². The van der Waals surface area contributed by atoms with Crippen LogP contribution in [-0.2, 0) is 14.8 Å². The predicted octanol–water partition coefficient (Wildman–Crippen LogP) is 1.47. The molecule has 3 aliphatic heterocycles. The fourth-order valence-electron chi connectivity index (χ4n) is 4.21. The highest BCUT2D eigenvalue weighted by molar-refractivity contribution is 7.89. The van der Waals surface area contributed by atoms with Gasteiger partial charge in [0.1, 0.15) is 13.2 Å². The van der Waals surface area contributed by atoms with Gasteiger partial charge in [-0.25, -0.2) is 12.8 Å². The van der Waals surface area contributed by atoms with Crippen molar-refractivity contribution in [3.05, 3.63) is 65.0 Å². The number of benzene rings is 2. The molecule has 168 valence electrons. The molecule has 32 heavy (non-hydrogen) atoms. The van der Waals surface area contributed by atoms with Gasteiger partial charge >= 0.3 is 0 Å². The van der Waals surface area contributed by atoms with E-state index in [1.165, 1.54) is 15.3 Å². The van der Waals surface area contributed by atoms with Crippen LogP contribution in [0.3, 0.4) is 0 Å². The van der Waals surface area contributed by atoms with E-state index in [-0.39, 0.29) is 55.8 Å². The van der Waals surface area contributed by atoms with Crippen LogP contribution < -0.4 is 9.47 Å². The number of hydrogen-bond donors (Lipinski definition) is 1. The summed E-state index contributed by atoms with van der Waals surface area (Å²) >= 11 is 0. The predicted molar refractivity (Wildman–Crippen MR) is 111 cm³/mol. The number of carbonyl (C=O) groups is 1. The summed E-state index contributed by atoms with van der Waals surface area (Å²) in [5.74, 6) is -1.22. The van der Waals surface area contributed by atoms with E-state index in [0.717, 1.165) is 17.2 Å². The number of nitrogens with zero attached hydrogens (tertiary/aromatic N) is 2. The maximum atomic E-state index is 14.4. The van der Waals surface area contributed by atoms with Crippen molar-refractivity contribution in [2.45, 2.75) is 11.0 Å². The van der Waals surface area contributed by atoms with Crippen molar-refractivity contribution in [1.82, 2.24) is 9.21 Å². The van der Waals surface area contributed by atoms with E-state index in [1.54, 1.807) is 30.3 Å². The minimum atomic E-state index is -3.97. The third-order valence-electron chi connectivity index (χ3n) is 5.87. The lowest BCUT2D eigenvalue weighted by Crippen LogP contribution is -2.38. The Balaban J connectivity index is 1.28. The van der Waals surface area contributed by atoms with E-state index in [4.69, 9.17) is 9.47 Å². The molecule has 1 amide bonds. The third-order valence-corrected chi connectivity index (χ3v) is 7.64. The number of aliphatic hydroxyl groups is 1. The van der Waals surface area contributed by atoms with Crippen molar-refractivity contribution in [2.24, 2.45) is 0 Å². The molecule has 0 saturated heterocycles. The molecule has 2 aromatic carbocycles. The van der Waals surface area contributed by atoms with Crippen LogP contribution in [0.2, 0.25) is 0 Å². The lowest BCUT2D eigenvalue weighted by Gasteiger charge is -2.25. The number of carbonyl (C=O) groups excluding carboxylic acids is 1. The summed E-state index contributed by atoms with van der Waals surface area (Å²) in [6.45, 7) is 1.14. The van der Waals surface area contributed by atoms with Crippen molar-refractivity contribution in [2.75, 3.05) is 39.4 Å². The first-order chi connectivity index (χ1) is 15.3. The van der Waals surface area contributed by atoms with E-state index in [2.05, 4.69) is 0 Å². The van der Waals surface area contributed by atoms with E-state index in [0.29, 0.717) is 5.56 Å². The normalized spacial score (nSPS) is 19.2. The minimum Gasteiger partial charge on any atom is -0.486 e. The SMILES string of the molecule is O=C([C@@H](O)c1ccccc1)N1CC2=C(C1)CN(S(=O)(=O)c1cc(F)c3c(c1)OCCO3)C2. The maximum absolute atomic E-state index is 14.4. The molecule has 0 fully saturated rings. The van der Waals surface area contributed by atoms with Gasteiger partial charge in [-0.05, 0) is 22.8 Å². The molecule has 0 radical (unpaired) electrons. The van der Waals surface area contributed by atoms with Gasteiger partial charge < -0.3 is 19.5 Å². The molecule has 0 bridgehead atoms. The highest BCUT2D eigenvalue weighted by Gasteiger charge is 2.39. The fourth-order valence-corrected chi connectivity index (χ4v) is 5.67. The van der Waals surface area contributed by atoms with E-state index < -0.39 is 27.9 Å². The molecule has 2 aromatic rings. The zero-order valence-corrected chi connectivity index (χ0v) is 17.8. The Morgan fingerprint density at radius 3 is 2.34 bits per heavy atom. The number of hydrogen-bond acceptors (Lipinski definition) is 6. The van der Waals surface area contributed by atoms with Crippen LogP contribution in [0.5, 0.6) is 11.5 Å². The highest BCUT2D eigenvalue weighted by Crippen LogP contribution is 2.38. The molecular formula is C22H21FN2O6S. The average Bonchev–Trinajstić information content (AvgIpc) is 3.39. The molecule has 0 aliphatic carbocycles. The van der Waals surface area contributed by atoms with Crippen molar-refractivity contribution >= 4 is 15.9 Å².